The number of carbonyl (C=O) groups is 1. The van der Waals surface area contributed by atoms with Gasteiger partial charge >= 0.3 is 0 Å². The van der Waals surface area contributed by atoms with E-state index in [0.717, 1.165) is 0 Å². The van der Waals surface area contributed by atoms with Crippen LogP contribution in [0, 0.1) is 0 Å². The molecule has 15 heavy (non-hydrogen) atoms. The minimum absolute atomic E-state index is 0.0581. The molecule has 2 N–H and O–H groups in total. The Hall–Kier alpha value is -0.610. The number of rotatable bonds is 5. The quantitative estimate of drug-likeness (QED) is 0.694. The third-order valence-corrected chi connectivity index (χ3v) is 2.86. The average Bonchev–Trinajstić information content (AvgIpc) is 2.65. The first-order valence-corrected chi connectivity index (χ1v) is 5.75. The van der Waals surface area contributed by atoms with Crippen LogP contribution in [0.2, 0.25) is 0 Å². The van der Waals surface area contributed by atoms with Crippen molar-refractivity contribution in [2.45, 2.75) is 44.8 Å². The number of amides is 1. The molecule has 0 heterocycles. The first-order chi connectivity index (χ1) is 7.09. The Bertz CT molecular complexity index is 201. The molecule has 1 atom stereocenters. The number of carbonyl (C=O) groups excluding carboxylic acids is 1. The van der Waals surface area contributed by atoms with Gasteiger partial charge < -0.3 is 15.3 Å². The molecule has 1 fully saturated rings. The summed E-state index contributed by atoms with van der Waals surface area (Å²) in [5, 5.41) is 12.4. The Morgan fingerprint density at radius 1 is 1.53 bits per heavy atom. The second kappa shape index (κ2) is 6.08. The van der Waals surface area contributed by atoms with Crippen LogP contribution in [0.5, 0.6) is 0 Å². The fourth-order valence-electron chi connectivity index (χ4n) is 1.99. The van der Waals surface area contributed by atoms with Crippen molar-refractivity contribution in [3.05, 3.63) is 0 Å². The number of aliphatic hydroxyl groups excluding tert-OH is 1. The zero-order chi connectivity index (χ0) is 11.3. The number of aliphatic hydroxyl groups is 1. The van der Waals surface area contributed by atoms with Crippen LogP contribution in [0.15, 0.2) is 0 Å². The van der Waals surface area contributed by atoms with E-state index < -0.39 is 6.10 Å². The lowest BCUT2D eigenvalue weighted by atomic mass is 10.2. The number of nitrogens with zero attached hydrogens (tertiary/aromatic N) is 1. The summed E-state index contributed by atoms with van der Waals surface area (Å²) in [5.74, 6) is 0.0581. The van der Waals surface area contributed by atoms with Gasteiger partial charge in [0.05, 0.1) is 12.6 Å². The second-order valence-corrected chi connectivity index (χ2v) is 4.49. The summed E-state index contributed by atoms with van der Waals surface area (Å²) in [5.41, 5.74) is 0. The molecule has 1 unspecified atom stereocenters. The molecule has 0 aliphatic heterocycles. The molecule has 0 aromatic carbocycles. The molecule has 0 aromatic heterocycles. The molecule has 1 rings (SSSR count). The molecule has 1 aliphatic rings. The van der Waals surface area contributed by atoms with Crippen LogP contribution in [-0.4, -0.2) is 48.2 Å². The van der Waals surface area contributed by atoms with E-state index >= 15 is 0 Å². The highest BCUT2D eigenvalue weighted by Gasteiger charge is 2.17. The van der Waals surface area contributed by atoms with Crippen molar-refractivity contribution < 1.29 is 9.90 Å². The maximum Gasteiger partial charge on any atom is 0.236 e. The summed E-state index contributed by atoms with van der Waals surface area (Å²) < 4.78 is 0. The fraction of sp³-hybridized carbons (Fsp3) is 0.909. The Labute approximate surface area is 91.6 Å². The number of nitrogens with one attached hydrogen (secondary N) is 1. The molecular formula is C11H22N2O2. The fourth-order valence-corrected chi connectivity index (χ4v) is 1.99. The van der Waals surface area contributed by atoms with Gasteiger partial charge in [0, 0.05) is 19.6 Å². The van der Waals surface area contributed by atoms with Gasteiger partial charge in [-0.3, -0.25) is 4.79 Å². The van der Waals surface area contributed by atoms with Crippen LogP contribution in [-0.2, 0) is 4.79 Å². The lowest BCUT2D eigenvalue weighted by Gasteiger charge is -2.20. The normalized spacial score (nSPS) is 19.1. The summed E-state index contributed by atoms with van der Waals surface area (Å²) >= 11 is 0. The summed E-state index contributed by atoms with van der Waals surface area (Å²) in [4.78, 5) is 13.2. The Morgan fingerprint density at radius 2 is 2.13 bits per heavy atom. The smallest absolute Gasteiger partial charge is 0.236 e. The van der Waals surface area contributed by atoms with Crippen LogP contribution in [0.25, 0.3) is 0 Å². The molecule has 0 saturated heterocycles. The van der Waals surface area contributed by atoms with Gasteiger partial charge in [0.25, 0.3) is 0 Å². The van der Waals surface area contributed by atoms with Crippen molar-refractivity contribution in [3.8, 4) is 0 Å². The van der Waals surface area contributed by atoms with Crippen LogP contribution < -0.4 is 5.32 Å². The molecule has 4 nitrogen and oxygen atoms in total. The number of likely N-dealkylation sites (N-methyl/N-ethyl adjacent to an activating group) is 1. The van der Waals surface area contributed by atoms with Crippen molar-refractivity contribution in [1.29, 1.82) is 0 Å². The highest BCUT2D eigenvalue weighted by atomic mass is 16.3. The van der Waals surface area contributed by atoms with Crippen molar-refractivity contribution in [3.63, 3.8) is 0 Å². The molecule has 4 heteroatoms. The van der Waals surface area contributed by atoms with Crippen LogP contribution in [0.3, 0.4) is 0 Å². The van der Waals surface area contributed by atoms with Crippen molar-refractivity contribution in [2.24, 2.45) is 0 Å². The van der Waals surface area contributed by atoms with E-state index in [2.05, 4.69) is 5.32 Å². The van der Waals surface area contributed by atoms with Gasteiger partial charge in [-0.2, -0.15) is 0 Å². The lowest BCUT2D eigenvalue weighted by Crippen LogP contribution is -2.41. The minimum Gasteiger partial charge on any atom is -0.392 e. The number of hydrogen-bond donors (Lipinski definition) is 2. The van der Waals surface area contributed by atoms with Gasteiger partial charge in [-0.1, -0.05) is 12.8 Å². The van der Waals surface area contributed by atoms with Gasteiger partial charge in [-0.25, -0.2) is 0 Å². The zero-order valence-corrected chi connectivity index (χ0v) is 9.70. The van der Waals surface area contributed by atoms with E-state index in [1.807, 2.05) is 0 Å². The molecule has 1 amide bonds. The standard InChI is InChI=1S/C11H22N2O2/c1-9(14)8-13(2)11(15)7-12-10-5-3-4-6-10/h9-10,12,14H,3-8H2,1-2H3. The van der Waals surface area contributed by atoms with E-state index in [9.17, 15) is 4.79 Å². The first-order valence-electron chi connectivity index (χ1n) is 5.75. The molecule has 0 bridgehead atoms. The van der Waals surface area contributed by atoms with Gasteiger partial charge in [-0.15, -0.1) is 0 Å². The van der Waals surface area contributed by atoms with Gasteiger partial charge in [-0.05, 0) is 19.8 Å². The molecule has 0 radical (unpaired) electrons. The summed E-state index contributed by atoms with van der Waals surface area (Å²) in [6.45, 7) is 2.49. The summed E-state index contributed by atoms with van der Waals surface area (Å²) in [6, 6.07) is 0.522. The molecule has 0 aromatic rings. The monoisotopic (exact) mass is 214 g/mol. The van der Waals surface area contributed by atoms with Gasteiger partial charge in [0.15, 0.2) is 0 Å². The Balaban J connectivity index is 2.16. The molecule has 1 aliphatic carbocycles. The maximum atomic E-state index is 11.6. The highest BCUT2D eigenvalue weighted by Crippen LogP contribution is 2.17. The summed E-state index contributed by atoms with van der Waals surface area (Å²) in [7, 11) is 1.73. The molecule has 0 spiro atoms. The van der Waals surface area contributed by atoms with Gasteiger partial charge in [0.1, 0.15) is 0 Å². The Morgan fingerprint density at radius 3 is 2.67 bits per heavy atom. The van der Waals surface area contributed by atoms with Gasteiger partial charge in [0.2, 0.25) is 5.91 Å². The van der Waals surface area contributed by atoms with Crippen molar-refractivity contribution in [2.75, 3.05) is 20.1 Å². The predicted octanol–water partition coefficient (Wildman–Crippen LogP) is 0.358. The first kappa shape index (κ1) is 12.5. The van der Waals surface area contributed by atoms with Crippen molar-refractivity contribution in [1.82, 2.24) is 10.2 Å². The zero-order valence-electron chi connectivity index (χ0n) is 9.70. The highest BCUT2D eigenvalue weighted by molar-refractivity contribution is 5.78. The van der Waals surface area contributed by atoms with E-state index in [1.165, 1.54) is 25.7 Å². The predicted molar refractivity (Wildman–Crippen MR) is 59.6 cm³/mol. The Kier molecular flexibility index (Phi) is 5.05. The molecule has 1 saturated carbocycles. The topological polar surface area (TPSA) is 52.6 Å². The molecule has 88 valence electrons. The second-order valence-electron chi connectivity index (χ2n) is 4.49. The average molecular weight is 214 g/mol. The maximum absolute atomic E-state index is 11.6. The van der Waals surface area contributed by atoms with Crippen LogP contribution in [0.1, 0.15) is 32.6 Å². The third-order valence-electron chi connectivity index (χ3n) is 2.86. The van der Waals surface area contributed by atoms with Crippen LogP contribution in [0.4, 0.5) is 0 Å². The van der Waals surface area contributed by atoms with E-state index in [4.69, 9.17) is 5.11 Å². The SMILES string of the molecule is CC(O)CN(C)C(=O)CNC1CCCC1. The van der Waals surface area contributed by atoms with E-state index in [0.29, 0.717) is 19.1 Å². The minimum atomic E-state index is -0.453. The lowest BCUT2D eigenvalue weighted by molar-refractivity contribution is -0.130. The number of hydrogen-bond acceptors (Lipinski definition) is 3. The third kappa shape index (κ3) is 4.62. The van der Waals surface area contributed by atoms with Crippen molar-refractivity contribution >= 4 is 5.91 Å². The van der Waals surface area contributed by atoms with E-state index in [1.54, 1.807) is 18.9 Å². The summed E-state index contributed by atoms with van der Waals surface area (Å²) in [6.07, 6.45) is 4.47. The van der Waals surface area contributed by atoms with E-state index in [-0.39, 0.29) is 5.91 Å². The largest absolute Gasteiger partial charge is 0.392 e. The molecular weight excluding hydrogens is 192 g/mol. The van der Waals surface area contributed by atoms with Crippen LogP contribution >= 0.6 is 0 Å².